The van der Waals surface area contributed by atoms with E-state index in [4.69, 9.17) is 5.11 Å². The highest BCUT2D eigenvalue weighted by molar-refractivity contribution is 5.88. The van der Waals surface area contributed by atoms with Gasteiger partial charge in [-0.05, 0) is 24.6 Å². The molecule has 0 aromatic heterocycles. The van der Waals surface area contributed by atoms with Crippen molar-refractivity contribution in [1.29, 1.82) is 0 Å². The Hall–Kier alpha value is -1.58. The van der Waals surface area contributed by atoms with Gasteiger partial charge >= 0.3 is 5.97 Å². The molecule has 0 aliphatic rings. The molecule has 3 nitrogen and oxygen atoms in total. The van der Waals surface area contributed by atoms with Crippen LogP contribution < -0.4 is 5.32 Å². The summed E-state index contributed by atoms with van der Waals surface area (Å²) in [6.45, 7) is 2.89. The van der Waals surface area contributed by atoms with Crippen molar-refractivity contribution in [3.8, 4) is 0 Å². The van der Waals surface area contributed by atoms with Crippen LogP contribution in [0.5, 0.6) is 0 Å². The summed E-state index contributed by atoms with van der Waals surface area (Å²) in [5, 5.41) is 11.7. The molecule has 0 saturated carbocycles. The normalized spacial score (nSPS) is 10.1. The van der Waals surface area contributed by atoms with E-state index < -0.39 is 11.8 Å². The number of rotatable bonds is 6. The van der Waals surface area contributed by atoms with Gasteiger partial charge in [-0.1, -0.05) is 19.8 Å². The molecule has 4 heteroatoms. The number of hydrogen-bond acceptors (Lipinski definition) is 2. The zero-order valence-electron chi connectivity index (χ0n) is 9.29. The third-order valence-corrected chi connectivity index (χ3v) is 2.31. The van der Waals surface area contributed by atoms with Gasteiger partial charge in [-0.15, -0.1) is 0 Å². The molecule has 0 aliphatic heterocycles. The van der Waals surface area contributed by atoms with Crippen LogP contribution in [0, 0.1) is 5.82 Å². The molecule has 0 saturated heterocycles. The first-order valence-electron chi connectivity index (χ1n) is 5.42. The van der Waals surface area contributed by atoms with Gasteiger partial charge in [-0.2, -0.15) is 0 Å². The maximum atomic E-state index is 13.3. The van der Waals surface area contributed by atoms with Crippen molar-refractivity contribution in [2.24, 2.45) is 0 Å². The van der Waals surface area contributed by atoms with Gasteiger partial charge in [0.2, 0.25) is 0 Å². The van der Waals surface area contributed by atoms with E-state index in [1.54, 1.807) is 6.07 Å². The van der Waals surface area contributed by atoms with Crippen molar-refractivity contribution >= 4 is 11.7 Å². The lowest BCUT2D eigenvalue weighted by molar-refractivity contribution is 0.0692. The SMILES string of the molecule is CCCCCNc1ccc(C(=O)O)c(F)c1. The number of carboxylic acids is 1. The molecule has 0 bridgehead atoms. The number of halogens is 1. The Bertz CT molecular complexity index is 366. The van der Waals surface area contributed by atoms with Crippen molar-refractivity contribution in [2.45, 2.75) is 26.2 Å². The molecule has 0 aliphatic carbocycles. The molecule has 2 N–H and O–H groups in total. The fourth-order valence-electron chi connectivity index (χ4n) is 1.41. The van der Waals surface area contributed by atoms with E-state index in [1.165, 1.54) is 12.1 Å². The van der Waals surface area contributed by atoms with Crippen molar-refractivity contribution in [3.05, 3.63) is 29.6 Å². The number of hydrogen-bond donors (Lipinski definition) is 2. The zero-order valence-corrected chi connectivity index (χ0v) is 9.29. The molecule has 1 aromatic rings. The molecule has 0 spiro atoms. The summed E-state index contributed by atoms with van der Waals surface area (Å²) >= 11 is 0. The maximum Gasteiger partial charge on any atom is 0.338 e. The molecule has 0 fully saturated rings. The molecule has 16 heavy (non-hydrogen) atoms. The van der Waals surface area contributed by atoms with Crippen molar-refractivity contribution in [1.82, 2.24) is 0 Å². The quantitative estimate of drug-likeness (QED) is 0.731. The average molecular weight is 225 g/mol. The third kappa shape index (κ3) is 3.53. The summed E-state index contributed by atoms with van der Waals surface area (Å²) in [5.74, 6) is -1.94. The van der Waals surface area contributed by atoms with E-state index in [2.05, 4.69) is 12.2 Å². The Kier molecular flexibility index (Phi) is 4.76. The molecule has 0 heterocycles. The highest BCUT2D eigenvalue weighted by Crippen LogP contribution is 2.14. The first kappa shape index (κ1) is 12.5. The molecule has 0 radical (unpaired) electrons. The number of unbranched alkanes of at least 4 members (excludes halogenated alkanes) is 2. The van der Waals surface area contributed by atoms with Crippen LogP contribution in [-0.2, 0) is 0 Å². The lowest BCUT2D eigenvalue weighted by Crippen LogP contribution is -2.04. The lowest BCUT2D eigenvalue weighted by atomic mass is 10.2. The monoisotopic (exact) mass is 225 g/mol. The Labute approximate surface area is 94.3 Å². The Balaban J connectivity index is 2.56. The van der Waals surface area contributed by atoms with Crippen LogP contribution in [0.25, 0.3) is 0 Å². The van der Waals surface area contributed by atoms with E-state index in [-0.39, 0.29) is 5.56 Å². The number of nitrogens with one attached hydrogen (secondary N) is 1. The number of anilines is 1. The van der Waals surface area contributed by atoms with E-state index in [0.29, 0.717) is 5.69 Å². The summed E-state index contributed by atoms with van der Waals surface area (Å²) in [4.78, 5) is 10.6. The van der Waals surface area contributed by atoms with Gasteiger partial charge in [-0.25, -0.2) is 9.18 Å². The maximum absolute atomic E-state index is 13.3. The predicted molar refractivity (Wildman–Crippen MR) is 61.4 cm³/mol. The molecular formula is C12H16FNO2. The van der Waals surface area contributed by atoms with Gasteiger partial charge in [0.1, 0.15) is 5.82 Å². The van der Waals surface area contributed by atoms with E-state index >= 15 is 0 Å². The van der Waals surface area contributed by atoms with Crippen LogP contribution in [0.3, 0.4) is 0 Å². The zero-order chi connectivity index (χ0) is 12.0. The molecule has 1 aromatic carbocycles. The van der Waals surface area contributed by atoms with E-state index in [9.17, 15) is 9.18 Å². The van der Waals surface area contributed by atoms with Gasteiger partial charge in [0.25, 0.3) is 0 Å². The van der Waals surface area contributed by atoms with Crippen molar-refractivity contribution < 1.29 is 14.3 Å². The predicted octanol–water partition coefficient (Wildman–Crippen LogP) is 3.13. The summed E-state index contributed by atoms with van der Waals surface area (Å²) in [6, 6.07) is 4.08. The van der Waals surface area contributed by atoms with Crippen LogP contribution in [0.2, 0.25) is 0 Å². The molecule has 0 atom stereocenters. The minimum absolute atomic E-state index is 0.292. The fourth-order valence-corrected chi connectivity index (χ4v) is 1.41. The highest BCUT2D eigenvalue weighted by atomic mass is 19.1. The molecular weight excluding hydrogens is 209 g/mol. The molecule has 0 amide bonds. The van der Waals surface area contributed by atoms with Crippen LogP contribution in [0.1, 0.15) is 36.5 Å². The third-order valence-electron chi connectivity index (χ3n) is 2.31. The second kappa shape index (κ2) is 6.10. The smallest absolute Gasteiger partial charge is 0.338 e. The van der Waals surface area contributed by atoms with Crippen molar-refractivity contribution in [3.63, 3.8) is 0 Å². The van der Waals surface area contributed by atoms with Gasteiger partial charge in [-0.3, -0.25) is 0 Å². The minimum Gasteiger partial charge on any atom is -0.478 e. The Morgan fingerprint density at radius 2 is 2.19 bits per heavy atom. The fraction of sp³-hybridized carbons (Fsp3) is 0.417. The van der Waals surface area contributed by atoms with Crippen molar-refractivity contribution in [2.75, 3.05) is 11.9 Å². The Morgan fingerprint density at radius 3 is 2.75 bits per heavy atom. The topological polar surface area (TPSA) is 49.3 Å². The highest BCUT2D eigenvalue weighted by Gasteiger charge is 2.09. The number of carboxylic acid groups (broad SMARTS) is 1. The summed E-state index contributed by atoms with van der Waals surface area (Å²) in [5.41, 5.74) is 0.331. The van der Waals surface area contributed by atoms with Gasteiger partial charge < -0.3 is 10.4 Å². The number of aromatic carboxylic acids is 1. The standard InChI is InChI=1S/C12H16FNO2/c1-2-3-4-7-14-9-5-6-10(12(15)16)11(13)8-9/h5-6,8,14H,2-4,7H2,1H3,(H,15,16). The summed E-state index contributed by atoms with van der Waals surface area (Å²) in [6.07, 6.45) is 3.29. The lowest BCUT2D eigenvalue weighted by Gasteiger charge is -2.06. The van der Waals surface area contributed by atoms with Gasteiger partial charge in [0, 0.05) is 12.2 Å². The summed E-state index contributed by atoms with van der Waals surface area (Å²) in [7, 11) is 0. The molecule has 88 valence electrons. The van der Waals surface area contributed by atoms with Crippen LogP contribution in [0.15, 0.2) is 18.2 Å². The second-order valence-corrected chi connectivity index (χ2v) is 3.63. The van der Waals surface area contributed by atoms with Gasteiger partial charge in [0.15, 0.2) is 0 Å². The van der Waals surface area contributed by atoms with Crippen LogP contribution in [0.4, 0.5) is 10.1 Å². The van der Waals surface area contributed by atoms with Crippen LogP contribution in [-0.4, -0.2) is 17.6 Å². The summed E-state index contributed by atoms with van der Waals surface area (Å²) < 4.78 is 13.3. The average Bonchev–Trinajstić information content (AvgIpc) is 2.24. The number of benzene rings is 1. The Morgan fingerprint density at radius 1 is 1.44 bits per heavy atom. The number of carbonyl (C=O) groups is 1. The first-order valence-corrected chi connectivity index (χ1v) is 5.42. The largest absolute Gasteiger partial charge is 0.478 e. The van der Waals surface area contributed by atoms with Crippen LogP contribution >= 0.6 is 0 Å². The second-order valence-electron chi connectivity index (χ2n) is 3.63. The molecule has 0 unspecified atom stereocenters. The van der Waals surface area contributed by atoms with E-state index in [0.717, 1.165) is 25.8 Å². The minimum atomic E-state index is -1.24. The first-order chi connectivity index (χ1) is 7.65. The van der Waals surface area contributed by atoms with Gasteiger partial charge in [0.05, 0.1) is 5.56 Å². The van der Waals surface area contributed by atoms with E-state index in [1.807, 2.05) is 0 Å². The molecule has 1 rings (SSSR count).